The van der Waals surface area contributed by atoms with E-state index in [0.29, 0.717) is 5.75 Å². The molecule has 1 N–H and O–H groups in total. The van der Waals surface area contributed by atoms with Crippen LogP contribution in [0.1, 0.15) is 0 Å². The Labute approximate surface area is 158 Å². The SMILES string of the molecule is COc1cc(-c2cc(-c3ccccc3)c3ccccc3n2)ccc1O.Cl. The molecule has 0 amide bonds. The molecule has 0 spiro atoms. The molecule has 3 nitrogen and oxygen atoms in total. The van der Waals surface area contributed by atoms with E-state index in [9.17, 15) is 5.11 Å². The number of nitrogens with zero attached hydrogens (tertiary/aromatic N) is 1. The molecule has 4 rings (SSSR count). The average Bonchev–Trinajstić information content (AvgIpc) is 2.68. The number of hydrogen-bond donors (Lipinski definition) is 1. The summed E-state index contributed by atoms with van der Waals surface area (Å²) in [5.41, 5.74) is 4.96. The van der Waals surface area contributed by atoms with Crippen LogP contribution >= 0.6 is 12.4 Å². The minimum atomic E-state index is 0. The van der Waals surface area contributed by atoms with Gasteiger partial charge in [-0.15, -0.1) is 12.4 Å². The molecule has 0 saturated heterocycles. The van der Waals surface area contributed by atoms with Crippen LogP contribution in [0.4, 0.5) is 0 Å². The van der Waals surface area contributed by atoms with Crippen LogP contribution in [0.25, 0.3) is 33.3 Å². The molecule has 4 heteroatoms. The predicted molar refractivity (Wildman–Crippen MR) is 108 cm³/mol. The summed E-state index contributed by atoms with van der Waals surface area (Å²) in [5, 5.41) is 11.0. The van der Waals surface area contributed by atoms with Gasteiger partial charge in [-0.3, -0.25) is 0 Å². The van der Waals surface area contributed by atoms with Gasteiger partial charge in [-0.2, -0.15) is 0 Å². The summed E-state index contributed by atoms with van der Waals surface area (Å²) in [6.45, 7) is 0. The molecule has 0 aliphatic rings. The molecule has 1 heterocycles. The van der Waals surface area contributed by atoms with Gasteiger partial charge in [0.15, 0.2) is 11.5 Å². The molecule has 0 atom stereocenters. The van der Waals surface area contributed by atoms with Crippen LogP contribution in [0, 0.1) is 0 Å². The second kappa shape index (κ2) is 7.46. The van der Waals surface area contributed by atoms with Gasteiger partial charge in [0.2, 0.25) is 0 Å². The highest BCUT2D eigenvalue weighted by Gasteiger charge is 2.11. The van der Waals surface area contributed by atoms with Gasteiger partial charge in [0, 0.05) is 10.9 Å². The first kappa shape index (κ1) is 17.8. The van der Waals surface area contributed by atoms with Crippen LogP contribution < -0.4 is 4.74 Å². The van der Waals surface area contributed by atoms with Crippen molar-refractivity contribution in [3.8, 4) is 33.9 Å². The van der Waals surface area contributed by atoms with Gasteiger partial charge >= 0.3 is 0 Å². The van der Waals surface area contributed by atoms with Crippen molar-refractivity contribution in [2.24, 2.45) is 0 Å². The smallest absolute Gasteiger partial charge is 0.161 e. The fraction of sp³-hybridized carbons (Fsp3) is 0.0455. The van der Waals surface area contributed by atoms with E-state index in [1.807, 2.05) is 42.5 Å². The molecule has 130 valence electrons. The van der Waals surface area contributed by atoms with E-state index >= 15 is 0 Å². The zero-order valence-electron chi connectivity index (χ0n) is 14.2. The number of ether oxygens (including phenoxy) is 1. The number of phenolic OH excluding ortho intramolecular Hbond substituents is 1. The summed E-state index contributed by atoms with van der Waals surface area (Å²) in [4.78, 5) is 4.80. The maximum Gasteiger partial charge on any atom is 0.161 e. The second-order valence-corrected chi connectivity index (χ2v) is 5.82. The number of aromatic nitrogens is 1. The van der Waals surface area contributed by atoms with Crippen molar-refractivity contribution in [3.05, 3.63) is 78.9 Å². The molecule has 0 saturated carbocycles. The molecule has 4 aromatic rings. The molecule has 0 aliphatic heterocycles. The highest BCUT2D eigenvalue weighted by atomic mass is 35.5. The Bertz CT molecular complexity index is 1050. The second-order valence-electron chi connectivity index (χ2n) is 5.82. The summed E-state index contributed by atoms with van der Waals surface area (Å²) in [6, 6.07) is 25.8. The molecule has 0 fully saturated rings. The molecule has 0 aliphatic carbocycles. The number of rotatable bonds is 3. The lowest BCUT2D eigenvalue weighted by Gasteiger charge is -2.11. The number of phenols is 1. The van der Waals surface area contributed by atoms with Crippen LogP contribution in [0.2, 0.25) is 0 Å². The van der Waals surface area contributed by atoms with Gasteiger partial charge in [-0.05, 0) is 41.5 Å². The number of benzene rings is 3. The van der Waals surface area contributed by atoms with E-state index in [-0.39, 0.29) is 18.2 Å². The summed E-state index contributed by atoms with van der Waals surface area (Å²) < 4.78 is 5.23. The molecular weight excluding hydrogens is 346 g/mol. The van der Waals surface area contributed by atoms with Crippen LogP contribution in [0.15, 0.2) is 78.9 Å². The third kappa shape index (κ3) is 3.22. The fourth-order valence-electron chi connectivity index (χ4n) is 3.02. The van der Waals surface area contributed by atoms with Crippen molar-refractivity contribution in [2.45, 2.75) is 0 Å². The van der Waals surface area contributed by atoms with Crippen molar-refractivity contribution in [1.29, 1.82) is 0 Å². The Morgan fingerprint density at radius 2 is 1.54 bits per heavy atom. The van der Waals surface area contributed by atoms with Gasteiger partial charge in [0.25, 0.3) is 0 Å². The van der Waals surface area contributed by atoms with Crippen LogP contribution in [-0.4, -0.2) is 17.2 Å². The largest absolute Gasteiger partial charge is 0.504 e. The van der Waals surface area contributed by atoms with Crippen molar-refractivity contribution in [2.75, 3.05) is 7.11 Å². The van der Waals surface area contributed by atoms with Crippen molar-refractivity contribution < 1.29 is 9.84 Å². The average molecular weight is 364 g/mol. The van der Waals surface area contributed by atoms with Crippen LogP contribution in [0.5, 0.6) is 11.5 Å². The van der Waals surface area contributed by atoms with E-state index in [1.165, 1.54) is 0 Å². The number of para-hydroxylation sites is 1. The maximum atomic E-state index is 9.84. The first-order valence-corrected chi connectivity index (χ1v) is 8.09. The topological polar surface area (TPSA) is 42.4 Å². The van der Waals surface area contributed by atoms with E-state index in [0.717, 1.165) is 33.3 Å². The number of pyridine rings is 1. The summed E-state index contributed by atoms with van der Waals surface area (Å²) in [5.74, 6) is 0.559. The number of hydrogen-bond acceptors (Lipinski definition) is 3. The first-order chi connectivity index (χ1) is 12.3. The molecular formula is C22H18ClNO2. The Hall–Kier alpha value is -3.04. The molecule has 3 aromatic carbocycles. The third-order valence-corrected chi connectivity index (χ3v) is 4.28. The van der Waals surface area contributed by atoms with Crippen LogP contribution in [-0.2, 0) is 0 Å². The van der Waals surface area contributed by atoms with Crippen molar-refractivity contribution in [1.82, 2.24) is 4.98 Å². The van der Waals surface area contributed by atoms with Gasteiger partial charge in [-0.25, -0.2) is 4.98 Å². The highest BCUT2D eigenvalue weighted by Crippen LogP contribution is 2.35. The van der Waals surface area contributed by atoms with E-state index in [4.69, 9.17) is 9.72 Å². The number of halogens is 1. The predicted octanol–water partition coefficient (Wildman–Crippen LogP) is 5.70. The Morgan fingerprint density at radius 1 is 0.808 bits per heavy atom. The van der Waals surface area contributed by atoms with Gasteiger partial charge in [-0.1, -0.05) is 48.5 Å². The van der Waals surface area contributed by atoms with Crippen molar-refractivity contribution >= 4 is 23.3 Å². The molecule has 26 heavy (non-hydrogen) atoms. The fourth-order valence-corrected chi connectivity index (χ4v) is 3.02. The monoisotopic (exact) mass is 363 g/mol. The highest BCUT2D eigenvalue weighted by molar-refractivity contribution is 5.96. The molecule has 0 radical (unpaired) electrons. The summed E-state index contributed by atoms with van der Waals surface area (Å²) >= 11 is 0. The van der Waals surface area contributed by atoms with Gasteiger partial charge in [0.05, 0.1) is 18.3 Å². The quantitative estimate of drug-likeness (QED) is 0.507. The normalized spacial score (nSPS) is 10.3. The number of fused-ring (bicyclic) bond motifs is 1. The maximum absolute atomic E-state index is 9.84. The Balaban J connectivity index is 0.00000196. The number of methoxy groups -OCH3 is 1. The Morgan fingerprint density at radius 3 is 2.31 bits per heavy atom. The molecule has 1 aromatic heterocycles. The minimum Gasteiger partial charge on any atom is -0.504 e. The Kier molecular flexibility index (Phi) is 5.10. The molecule has 0 unspecified atom stereocenters. The summed E-state index contributed by atoms with van der Waals surface area (Å²) in [7, 11) is 1.54. The molecule has 0 bridgehead atoms. The van der Waals surface area contributed by atoms with Gasteiger partial charge in [0.1, 0.15) is 0 Å². The van der Waals surface area contributed by atoms with Crippen LogP contribution in [0.3, 0.4) is 0 Å². The minimum absolute atomic E-state index is 0. The van der Waals surface area contributed by atoms with Crippen molar-refractivity contribution in [3.63, 3.8) is 0 Å². The first-order valence-electron chi connectivity index (χ1n) is 8.09. The number of aromatic hydroxyl groups is 1. The lowest BCUT2D eigenvalue weighted by molar-refractivity contribution is 0.373. The van der Waals surface area contributed by atoms with E-state index < -0.39 is 0 Å². The van der Waals surface area contributed by atoms with E-state index in [2.05, 4.69) is 24.3 Å². The third-order valence-electron chi connectivity index (χ3n) is 4.28. The van der Waals surface area contributed by atoms with E-state index in [1.54, 1.807) is 19.2 Å². The zero-order valence-corrected chi connectivity index (χ0v) is 15.0. The van der Waals surface area contributed by atoms with Gasteiger partial charge < -0.3 is 9.84 Å². The zero-order chi connectivity index (χ0) is 17.2. The summed E-state index contributed by atoms with van der Waals surface area (Å²) in [6.07, 6.45) is 0. The standard InChI is InChI=1S/C22H17NO2.ClH/c1-25-22-13-16(11-12-21(22)24)20-14-18(15-7-3-2-4-8-15)17-9-5-6-10-19(17)23-20;/h2-14,24H,1H3;1H. The lowest BCUT2D eigenvalue weighted by atomic mass is 9.98. The lowest BCUT2D eigenvalue weighted by Crippen LogP contribution is -1.91.